The molecule has 27 heavy (non-hydrogen) atoms. The number of fused-ring (bicyclic) bond motifs is 2. The summed E-state index contributed by atoms with van der Waals surface area (Å²) in [6.45, 7) is 9.85. The van der Waals surface area contributed by atoms with Gasteiger partial charge in [-0.2, -0.15) is 0 Å². The second kappa shape index (κ2) is 7.21. The van der Waals surface area contributed by atoms with Gasteiger partial charge in [0.25, 0.3) is 0 Å². The molecule has 0 amide bonds. The minimum atomic E-state index is 0.954. The number of unbranched alkanes of at least 4 members (excludes halogenated alkanes) is 3. The Hall–Kier alpha value is -0.260. The Kier molecular flexibility index (Phi) is 5.01. The summed E-state index contributed by atoms with van der Waals surface area (Å²) in [5.74, 6) is 10.8. The summed E-state index contributed by atoms with van der Waals surface area (Å²) in [6, 6.07) is 0. The molecule has 0 aromatic rings. The average molecular weight is 369 g/mol. The molecule has 0 aromatic carbocycles. The Morgan fingerprint density at radius 2 is 1.85 bits per heavy atom. The maximum Gasteiger partial charge on any atom is -0.0131 e. The standard InChI is InChI=1S/C27H44/c1-5-7-8-9-10-18(12-23-20(6-2)17(4)21-14-24(21)23)22-15-26-25(27(22)26)13-19-11-16(19)3/h16-22,25-27H,5-15H2,1-4H3. The Bertz CT molecular complexity index is 585. The van der Waals surface area contributed by atoms with Gasteiger partial charge in [-0.1, -0.05) is 64.5 Å². The molecule has 4 fully saturated rings. The first-order valence-electron chi connectivity index (χ1n) is 12.9. The Balaban J connectivity index is 1.22. The van der Waals surface area contributed by atoms with Crippen LogP contribution in [-0.2, 0) is 0 Å². The average Bonchev–Trinajstić information content (AvgIpc) is 3.55. The molecule has 0 aromatic heterocycles. The molecule has 0 nitrogen and oxygen atoms in total. The summed E-state index contributed by atoms with van der Waals surface area (Å²) in [6.07, 6.45) is 16.6. The third-order valence-electron chi connectivity index (χ3n) is 10.1. The lowest BCUT2D eigenvalue weighted by Crippen LogP contribution is -2.27. The fourth-order valence-corrected chi connectivity index (χ4v) is 8.00. The van der Waals surface area contributed by atoms with Gasteiger partial charge in [-0.05, 0) is 104 Å². The highest BCUT2D eigenvalue weighted by molar-refractivity contribution is 5.39. The molecule has 0 aliphatic heterocycles. The van der Waals surface area contributed by atoms with Crippen LogP contribution in [0.25, 0.3) is 0 Å². The van der Waals surface area contributed by atoms with Crippen LogP contribution in [0.5, 0.6) is 0 Å². The minimum Gasteiger partial charge on any atom is -0.0670 e. The highest BCUT2D eigenvalue weighted by atomic mass is 14.7. The van der Waals surface area contributed by atoms with E-state index in [1.807, 2.05) is 11.1 Å². The van der Waals surface area contributed by atoms with Gasteiger partial charge in [-0.15, -0.1) is 0 Å². The van der Waals surface area contributed by atoms with Crippen molar-refractivity contribution < 1.29 is 0 Å². The molecule has 5 rings (SSSR count). The van der Waals surface area contributed by atoms with Crippen molar-refractivity contribution >= 4 is 0 Å². The molecule has 0 heterocycles. The van der Waals surface area contributed by atoms with Crippen LogP contribution in [0.15, 0.2) is 11.1 Å². The molecular weight excluding hydrogens is 324 g/mol. The Labute approximate surface area is 169 Å². The molecule has 0 N–H and O–H groups in total. The first-order chi connectivity index (χ1) is 13.1. The molecule has 152 valence electrons. The quantitative estimate of drug-likeness (QED) is 0.257. The van der Waals surface area contributed by atoms with Gasteiger partial charge in [0.05, 0.1) is 0 Å². The second-order valence-electron chi connectivity index (χ2n) is 11.6. The summed E-state index contributed by atoms with van der Waals surface area (Å²) in [5, 5.41) is 0. The summed E-state index contributed by atoms with van der Waals surface area (Å²) in [4.78, 5) is 0. The zero-order valence-corrected chi connectivity index (χ0v) is 18.6. The van der Waals surface area contributed by atoms with Gasteiger partial charge in [0.2, 0.25) is 0 Å². The number of rotatable bonds is 11. The third kappa shape index (κ3) is 3.36. The zero-order chi connectivity index (χ0) is 18.7. The summed E-state index contributed by atoms with van der Waals surface area (Å²) >= 11 is 0. The largest absolute Gasteiger partial charge is 0.0670 e. The van der Waals surface area contributed by atoms with E-state index in [1.165, 1.54) is 62.7 Å². The van der Waals surface area contributed by atoms with E-state index < -0.39 is 0 Å². The second-order valence-corrected chi connectivity index (χ2v) is 11.6. The van der Waals surface area contributed by atoms with Gasteiger partial charge in [-0.3, -0.25) is 0 Å². The van der Waals surface area contributed by atoms with Gasteiger partial charge >= 0.3 is 0 Å². The molecule has 10 atom stereocenters. The maximum atomic E-state index is 2.56. The van der Waals surface area contributed by atoms with Crippen LogP contribution < -0.4 is 0 Å². The topological polar surface area (TPSA) is 0 Å². The van der Waals surface area contributed by atoms with Crippen molar-refractivity contribution in [3.63, 3.8) is 0 Å². The minimum absolute atomic E-state index is 0.954. The highest BCUT2D eigenvalue weighted by Crippen LogP contribution is 2.71. The van der Waals surface area contributed by atoms with Gasteiger partial charge in [0.1, 0.15) is 0 Å². The van der Waals surface area contributed by atoms with Crippen molar-refractivity contribution in [2.75, 3.05) is 0 Å². The number of hydrogen-bond donors (Lipinski definition) is 0. The molecule has 10 unspecified atom stereocenters. The van der Waals surface area contributed by atoms with Crippen LogP contribution in [0, 0.1) is 59.2 Å². The van der Waals surface area contributed by atoms with E-state index >= 15 is 0 Å². The van der Waals surface area contributed by atoms with Crippen LogP contribution in [0.1, 0.15) is 98.3 Å². The van der Waals surface area contributed by atoms with Crippen molar-refractivity contribution in [1.82, 2.24) is 0 Å². The monoisotopic (exact) mass is 368 g/mol. The predicted octanol–water partition coefficient (Wildman–Crippen LogP) is 7.88. The molecule has 5 aliphatic carbocycles. The van der Waals surface area contributed by atoms with Gasteiger partial charge in [0.15, 0.2) is 0 Å². The highest BCUT2D eigenvalue weighted by Gasteiger charge is 2.64. The SMILES string of the molecule is CCCCCCC(CC1=C2CC2C(C)C1CC)C1CC2C(CC3CC3C)C12. The Morgan fingerprint density at radius 3 is 2.56 bits per heavy atom. The van der Waals surface area contributed by atoms with Crippen molar-refractivity contribution in [1.29, 1.82) is 0 Å². The van der Waals surface area contributed by atoms with E-state index in [0.717, 1.165) is 41.4 Å². The van der Waals surface area contributed by atoms with Gasteiger partial charge < -0.3 is 0 Å². The lowest BCUT2D eigenvalue weighted by Gasteiger charge is -2.35. The molecule has 0 spiro atoms. The summed E-state index contributed by atoms with van der Waals surface area (Å²) in [7, 11) is 0. The van der Waals surface area contributed by atoms with E-state index in [4.69, 9.17) is 0 Å². The van der Waals surface area contributed by atoms with Crippen LogP contribution in [0.4, 0.5) is 0 Å². The van der Waals surface area contributed by atoms with Crippen LogP contribution in [0.3, 0.4) is 0 Å². The third-order valence-corrected chi connectivity index (χ3v) is 10.1. The first kappa shape index (κ1) is 18.7. The maximum absolute atomic E-state index is 2.56. The van der Waals surface area contributed by atoms with Gasteiger partial charge in [-0.25, -0.2) is 0 Å². The normalized spacial score (nSPS) is 47.3. The van der Waals surface area contributed by atoms with E-state index in [-0.39, 0.29) is 0 Å². The van der Waals surface area contributed by atoms with Crippen LogP contribution in [0.2, 0.25) is 0 Å². The van der Waals surface area contributed by atoms with Gasteiger partial charge in [0, 0.05) is 0 Å². The lowest BCUT2D eigenvalue weighted by atomic mass is 9.70. The molecule has 0 radical (unpaired) electrons. The van der Waals surface area contributed by atoms with E-state index in [9.17, 15) is 0 Å². The molecule has 5 aliphatic rings. The van der Waals surface area contributed by atoms with Crippen LogP contribution >= 0.6 is 0 Å². The van der Waals surface area contributed by atoms with E-state index in [2.05, 4.69) is 27.7 Å². The molecule has 4 saturated carbocycles. The number of allylic oxidation sites excluding steroid dienone is 2. The van der Waals surface area contributed by atoms with Crippen molar-refractivity contribution in [3.05, 3.63) is 11.1 Å². The van der Waals surface area contributed by atoms with E-state index in [0.29, 0.717) is 0 Å². The first-order valence-corrected chi connectivity index (χ1v) is 12.9. The van der Waals surface area contributed by atoms with Crippen LogP contribution in [-0.4, -0.2) is 0 Å². The fourth-order valence-electron chi connectivity index (χ4n) is 8.00. The molecule has 0 heteroatoms. The van der Waals surface area contributed by atoms with Crippen molar-refractivity contribution in [2.45, 2.75) is 98.3 Å². The van der Waals surface area contributed by atoms with Crippen molar-refractivity contribution in [3.8, 4) is 0 Å². The van der Waals surface area contributed by atoms with E-state index in [1.54, 1.807) is 25.7 Å². The molecule has 0 saturated heterocycles. The molecular formula is C27H44. The smallest absolute Gasteiger partial charge is 0.0131 e. The predicted molar refractivity (Wildman–Crippen MR) is 115 cm³/mol. The Morgan fingerprint density at radius 1 is 1.04 bits per heavy atom. The summed E-state index contributed by atoms with van der Waals surface area (Å²) < 4.78 is 0. The fraction of sp³-hybridized carbons (Fsp3) is 0.926. The number of hydrogen-bond acceptors (Lipinski definition) is 0. The van der Waals surface area contributed by atoms with Crippen molar-refractivity contribution in [2.24, 2.45) is 59.2 Å². The lowest BCUT2D eigenvalue weighted by molar-refractivity contribution is 0.167. The summed E-state index contributed by atoms with van der Waals surface area (Å²) in [5.41, 5.74) is 3.94. The molecule has 0 bridgehead atoms. The zero-order valence-electron chi connectivity index (χ0n) is 18.6.